The lowest BCUT2D eigenvalue weighted by molar-refractivity contribution is -0.113. The Labute approximate surface area is 212 Å². The molecule has 0 spiro atoms. The number of rotatable bonds is 8. The molecule has 1 N–H and O–H groups in total. The van der Waals surface area contributed by atoms with Crippen molar-refractivity contribution in [3.63, 3.8) is 0 Å². The number of carbonyl (C=O) groups excluding carboxylic acids is 1. The molecule has 1 heterocycles. The van der Waals surface area contributed by atoms with Crippen molar-refractivity contribution in [2.24, 2.45) is 11.8 Å². The Kier molecular flexibility index (Phi) is 7.20. The number of hydrogen-bond acceptors (Lipinski definition) is 3. The third-order valence-electron chi connectivity index (χ3n) is 8.43. The quantitative estimate of drug-likeness (QED) is 0.348. The molecule has 2 aliphatic carbocycles. The van der Waals surface area contributed by atoms with E-state index in [-0.39, 0.29) is 22.9 Å². The van der Waals surface area contributed by atoms with Gasteiger partial charge in [-0.25, -0.2) is 8.78 Å². The van der Waals surface area contributed by atoms with Crippen molar-refractivity contribution in [3.8, 4) is 6.07 Å². The van der Waals surface area contributed by atoms with Gasteiger partial charge in [-0.15, -0.1) is 0 Å². The average molecular weight is 490 g/mol. The number of amides is 1. The molecule has 3 atom stereocenters. The average Bonchev–Trinajstić information content (AvgIpc) is 3.40. The first-order valence-electron chi connectivity index (χ1n) is 13.2. The Morgan fingerprint density at radius 3 is 2.75 bits per heavy atom. The minimum Gasteiger partial charge on any atom is -0.322 e. The number of benzene rings is 2. The van der Waals surface area contributed by atoms with Crippen LogP contribution < -0.4 is 5.32 Å². The summed E-state index contributed by atoms with van der Waals surface area (Å²) in [6.45, 7) is 3.36. The number of halogens is 2. The van der Waals surface area contributed by atoms with Gasteiger partial charge in [-0.3, -0.25) is 4.79 Å². The predicted octanol–water partition coefficient (Wildman–Crippen LogP) is 6.34. The predicted molar refractivity (Wildman–Crippen MR) is 136 cm³/mol. The van der Waals surface area contributed by atoms with Gasteiger partial charge in [0.2, 0.25) is 0 Å². The summed E-state index contributed by atoms with van der Waals surface area (Å²) in [7, 11) is 0. The van der Waals surface area contributed by atoms with Crippen LogP contribution in [0, 0.1) is 34.8 Å². The highest BCUT2D eigenvalue weighted by molar-refractivity contribution is 6.04. The smallest absolute Gasteiger partial charge is 0.251 e. The molecule has 4 nitrogen and oxygen atoms in total. The number of nitrogens with zero attached hydrogens (tertiary/aromatic N) is 2. The van der Waals surface area contributed by atoms with E-state index >= 15 is 0 Å². The summed E-state index contributed by atoms with van der Waals surface area (Å²) in [5.74, 6) is -1.48. The Morgan fingerprint density at radius 1 is 1.17 bits per heavy atom. The van der Waals surface area contributed by atoms with Gasteiger partial charge in [0.1, 0.15) is 0 Å². The van der Waals surface area contributed by atoms with E-state index < -0.39 is 11.6 Å². The molecule has 0 aromatic heterocycles. The monoisotopic (exact) mass is 489 g/mol. The van der Waals surface area contributed by atoms with Crippen molar-refractivity contribution in [1.82, 2.24) is 4.90 Å². The summed E-state index contributed by atoms with van der Waals surface area (Å²) >= 11 is 0. The fraction of sp³-hybridized carbons (Fsp3) is 0.467. The third-order valence-corrected chi connectivity index (χ3v) is 8.43. The van der Waals surface area contributed by atoms with Crippen molar-refractivity contribution in [2.75, 3.05) is 25.0 Å². The number of unbranched alkanes of at least 4 members (excludes halogenated alkanes) is 1. The van der Waals surface area contributed by atoms with Crippen molar-refractivity contribution in [2.45, 2.75) is 56.8 Å². The Bertz CT molecular complexity index is 1200. The molecule has 1 saturated heterocycles. The van der Waals surface area contributed by atoms with Crippen molar-refractivity contribution >= 4 is 11.6 Å². The normalized spacial score (nSPS) is 25.8. The maximum Gasteiger partial charge on any atom is 0.251 e. The molecule has 0 radical (unpaired) electrons. The lowest BCUT2D eigenvalue weighted by atomic mass is 9.75. The van der Waals surface area contributed by atoms with E-state index in [1.165, 1.54) is 24.5 Å². The van der Waals surface area contributed by atoms with Crippen LogP contribution in [0.25, 0.3) is 0 Å². The first kappa shape index (κ1) is 24.6. The number of likely N-dealkylation sites (tertiary alicyclic amines) is 1. The number of anilines is 1. The third kappa shape index (κ3) is 5.22. The lowest BCUT2D eigenvalue weighted by Crippen LogP contribution is -2.27. The zero-order valence-electron chi connectivity index (χ0n) is 20.6. The summed E-state index contributed by atoms with van der Waals surface area (Å²) in [5.41, 5.74) is 3.10. The second-order valence-corrected chi connectivity index (χ2v) is 10.7. The first-order valence-corrected chi connectivity index (χ1v) is 13.2. The Balaban J connectivity index is 1.29. The fourth-order valence-electron chi connectivity index (χ4n) is 6.37. The van der Waals surface area contributed by atoms with Gasteiger partial charge in [-0.2, -0.15) is 5.26 Å². The molecule has 3 aliphatic rings. The summed E-state index contributed by atoms with van der Waals surface area (Å²) in [6, 6.07) is 13.7. The van der Waals surface area contributed by atoms with Gasteiger partial charge in [0, 0.05) is 17.3 Å². The summed E-state index contributed by atoms with van der Waals surface area (Å²) < 4.78 is 27.1. The Morgan fingerprint density at radius 2 is 2.00 bits per heavy atom. The molecular weight excluding hydrogens is 456 g/mol. The number of nitrogens with one attached hydrogen (secondary N) is 1. The molecule has 36 heavy (non-hydrogen) atoms. The molecule has 1 unspecified atom stereocenters. The summed E-state index contributed by atoms with van der Waals surface area (Å²) in [5, 5.41) is 12.1. The molecule has 1 aliphatic heterocycles. The van der Waals surface area contributed by atoms with Gasteiger partial charge < -0.3 is 10.2 Å². The van der Waals surface area contributed by atoms with E-state index in [1.54, 1.807) is 0 Å². The molecular formula is C30H33F2N3O. The van der Waals surface area contributed by atoms with Crippen molar-refractivity contribution in [3.05, 3.63) is 76.9 Å². The van der Waals surface area contributed by atoms with Gasteiger partial charge in [0.05, 0.1) is 11.6 Å². The zero-order chi connectivity index (χ0) is 25.1. The lowest BCUT2D eigenvalue weighted by Gasteiger charge is -2.30. The van der Waals surface area contributed by atoms with Gasteiger partial charge in [-0.1, -0.05) is 18.2 Å². The molecule has 3 fully saturated rings. The van der Waals surface area contributed by atoms with Crippen molar-refractivity contribution in [1.29, 1.82) is 5.26 Å². The van der Waals surface area contributed by atoms with E-state index in [0.717, 1.165) is 75.9 Å². The van der Waals surface area contributed by atoms with E-state index in [2.05, 4.69) is 28.4 Å². The number of hydrogen-bond donors (Lipinski definition) is 1. The maximum atomic E-state index is 13.7. The molecule has 1 amide bonds. The van der Waals surface area contributed by atoms with Crippen LogP contribution in [0.15, 0.2) is 54.1 Å². The molecule has 188 valence electrons. The van der Waals surface area contributed by atoms with Crippen LogP contribution in [0.4, 0.5) is 14.5 Å². The summed E-state index contributed by atoms with van der Waals surface area (Å²) in [6.07, 6.45) is 10.3. The standard InChI is InChI=1S/C30H33F2N3O/c31-27-10-9-25(18-28(27)32)34-29(36)26(8-1-2-13-35-14-3-4-15-35)22-11-12-30(19-24(30)17-22)23-7-5-6-21(16-23)20-33/h5-10,16,18,22,24H,1-4,11-15,17,19H2,(H,34,36)/t22-,24?,30+/m1/s1. The van der Waals surface area contributed by atoms with Crippen LogP contribution in [-0.2, 0) is 10.2 Å². The first-order chi connectivity index (χ1) is 17.5. The molecule has 2 saturated carbocycles. The highest BCUT2D eigenvalue weighted by atomic mass is 19.2. The SMILES string of the molecule is N#Cc1cccc([C@@]23CC[C@@H](C(=CCCCN4CCCC4)C(=O)Nc4ccc(F)c(F)c4)CC2C3)c1. The van der Waals surface area contributed by atoms with Crippen LogP contribution in [0.5, 0.6) is 0 Å². The van der Waals surface area contributed by atoms with Gasteiger partial charge in [0.25, 0.3) is 5.91 Å². The van der Waals surface area contributed by atoms with Crippen LogP contribution in [0.1, 0.15) is 62.5 Å². The van der Waals surface area contributed by atoms with Crippen LogP contribution in [-0.4, -0.2) is 30.4 Å². The maximum absolute atomic E-state index is 13.7. The Hall–Kier alpha value is -3.04. The topological polar surface area (TPSA) is 56.1 Å². The minimum absolute atomic E-state index is 0.126. The van der Waals surface area contributed by atoms with E-state index in [1.807, 2.05) is 18.2 Å². The van der Waals surface area contributed by atoms with Crippen LogP contribution in [0.2, 0.25) is 0 Å². The van der Waals surface area contributed by atoms with Crippen LogP contribution in [0.3, 0.4) is 0 Å². The second-order valence-electron chi connectivity index (χ2n) is 10.7. The molecule has 2 aromatic carbocycles. The largest absolute Gasteiger partial charge is 0.322 e. The number of nitriles is 1. The molecule has 5 rings (SSSR count). The van der Waals surface area contributed by atoms with Gasteiger partial charge in [-0.05, 0) is 118 Å². The number of carbonyl (C=O) groups is 1. The molecule has 2 aromatic rings. The van der Waals surface area contributed by atoms with E-state index in [9.17, 15) is 18.8 Å². The highest BCUT2D eigenvalue weighted by Gasteiger charge is 2.58. The van der Waals surface area contributed by atoms with Crippen LogP contribution >= 0.6 is 0 Å². The molecule has 0 bridgehead atoms. The molecule has 6 heteroatoms. The minimum atomic E-state index is -0.969. The van der Waals surface area contributed by atoms with E-state index in [4.69, 9.17) is 0 Å². The van der Waals surface area contributed by atoms with Gasteiger partial charge >= 0.3 is 0 Å². The fourth-order valence-corrected chi connectivity index (χ4v) is 6.37. The van der Waals surface area contributed by atoms with E-state index in [0.29, 0.717) is 11.5 Å². The highest BCUT2D eigenvalue weighted by Crippen LogP contribution is 2.64. The van der Waals surface area contributed by atoms with Crippen molar-refractivity contribution < 1.29 is 13.6 Å². The van der Waals surface area contributed by atoms with Gasteiger partial charge in [0.15, 0.2) is 11.6 Å². The second kappa shape index (κ2) is 10.5. The number of fused-ring (bicyclic) bond motifs is 1. The summed E-state index contributed by atoms with van der Waals surface area (Å²) in [4.78, 5) is 15.8. The zero-order valence-corrected chi connectivity index (χ0v) is 20.6. The number of allylic oxidation sites excluding steroid dienone is 1.